The molecule has 2 heterocycles. The highest BCUT2D eigenvalue weighted by Gasteiger charge is 2.38. The third-order valence-electron chi connectivity index (χ3n) is 5.69. The zero-order chi connectivity index (χ0) is 22.3. The summed E-state index contributed by atoms with van der Waals surface area (Å²) in [4.78, 5) is 26.9. The molecule has 0 radical (unpaired) electrons. The van der Waals surface area contributed by atoms with Crippen LogP contribution in [0.15, 0.2) is 36.4 Å². The molecule has 164 valence electrons. The number of urea groups is 1. The molecule has 0 saturated carbocycles. The normalized spacial score (nSPS) is 16.5. The molecule has 1 saturated heterocycles. The number of alkyl halides is 3. The lowest BCUT2D eigenvalue weighted by Gasteiger charge is -2.40. The van der Waals surface area contributed by atoms with Crippen LogP contribution in [0.1, 0.15) is 16.7 Å². The van der Waals surface area contributed by atoms with Crippen molar-refractivity contribution in [1.82, 2.24) is 9.80 Å². The number of primary amides is 1. The fourth-order valence-electron chi connectivity index (χ4n) is 3.93. The van der Waals surface area contributed by atoms with Gasteiger partial charge in [0.1, 0.15) is 5.82 Å². The maximum absolute atomic E-state index is 14.2. The molecule has 2 aliphatic rings. The van der Waals surface area contributed by atoms with E-state index < -0.39 is 23.6 Å². The summed E-state index contributed by atoms with van der Waals surface area (Å²) < 4.78 is 52.5. The van der Waals surface area contributed by atoms with Crippen molar-refractivity contribution in [3.63, 3.8) is 0 Å². The molecule has 0 atom stereocenters. The molecular formula is C21H20F4N4O2. The zero-order valence-electron chi connectivity index (χ0n) is 16.4. The number of nitrogens with zero attached hydrogens (tertiary/aromatic N) is 2. The van der Waals surface area contributed by atoms with E-state index in [1.807, 2.05) is 6.07 Å². The Morgan fingerprint density at radius 1 is 1.06 bits per heavy atom. The molecular weight excluding hydrogens is 416 g/mol. The van der Waals surface area contributed by atoms with Gasteiger partial charge in [-0.15, -0.1) is 0 Å². The van der Waals surface area contributed by atoms with Crippen molar-refractivity contribution in [2.45, 2.75) is 19.1 Å². The Bertz CT molecular complexity index is 1030. The molecule has 2 aliphatic heterocycles. The summed E-state index contributed by atoms with van der Waals surface area (Å²) in [5, 5.41) is 2.88. The topological polar surface area (TPSA) is 78.7 Å². The number of carbonyl (C=O) groups excluding carboxylic acids is 2. The van der Waals surface area contributed by atoms with Gasteiger partial charge in [-0.25, -0.2) is 9.18 Å². The van der Waals surface area contributed by atoms with Crippen LogP contribution in [0.4, 0.5) is 33.7 Å². The van der Waals surface area contributed by atoms with E-state index in [-0.39, 0.29) is 17.5 Å². The van der Waals surface area contributed by atoms with Gasteiger partial charge < -0.3 is 20.9 Å². The second-order valence-corrected chi connectivity index (χ2v) is 7.71. The monoisotopic (exact) mass is 436 g/mol. The molecule has 0 bridgehead atoms. The van der Waals surface area contributed by atoms with E-state index in [0.29, 0.717) is 44.4 Å². The Labute approximate surface area is 175 Å². The highest BCUT2D eigenvalue weighted by atomic mass is 19.4. The van der Waals surface area contributed by atoms with Crippen LogP contribution >= 0.6 is 0 Å². The van der Waals surface area contributed by atoms with Crippen molar-refractivity contribution in [2.75, 3.05) is 25.0 Å². The Hall–Kier alpha value is -3.30. The number of hydrogen-bond donors (Lipinski definition) is 2. The summed E-state index contributed by atoms with van der Waals surface area (Å²) >= 11 is 0. The number of fused-ring (bicyclic) bond motifs is 1. The van der Waals surface area contributed by atoms with E-state index in [9.17, 15) is 27.2 Å². The van der Waals surface area contributed by atoms with Gasteiger partial charge in [0.15, 0.2) is 0 Å². The minimum atomic E-state index is -4.61. The Morgan fingerprint density at radius 2 is 1.81 bits per heavy atom. The van der Waals surface area contributed by atoms with E-state index in [4.69, 9.17) is 5.73 Å². The first-order valence-corrected chi connectivity index (χ1v) is 9.71. The minimum Gasteiger partial charge on any atom is -0.353 e. The van der Waals surface area contributed by atoms with Crippen LogP contribution in [0.25, 0.3) is 0 Å². The molecule has 10 heteroatoms. The third kappa shape index (κ3) is 4.14. The predicted octanol–water partition coefficient (Wildman–Crippen LogP) is 3.48. The van der Waals surface area contributed by atoms with E-state index in [0.717, 1.165) is 23.3 Å². The summed E-state index contributed by atoms with van der Waals surface area (Å²) in [5.41, 5.74) is 6.44. The van der Waals surface area contributed by atoms with Gasteiger partial charge in [-0.05, 0) is 41.8 Å². The molecule has 0 aliphatic carbocycles. The van der Waals surface area contributed by atoms with Crippen molar-refractivity contribution >= 4 is 23.3 Å². The second-order valence-electron chi connectivity index (χ2n) is 7.71. The maximum atomic E-state index is 14.2. The lowest BCUT2D eigenvalue weighted by molar-refractivity contribution is -0.140. The third-order valence-corrected chi connectivity index (χ3v) is 5.69. The molecule has 0 aromatic heterocycles. The summed E-state index contributed by atoms with van der Waals surface area (Å²) in [5.74, 6) is -1.31. The quantitative estimate of drug-likeness (QED) is 0.724. The van der Waals surface area contributed by atoms with Gasteiger partial charge in [0.25, 0.3) is 0 Å². The molecule has 0 spiro atoms. The first-order valence-electron chi connectivity index (χ1n) is 9.71. The summed E-state index contributed by atoms with van der Waals surface area (Å²) in [6.07, 6.45) is -4.10. The second kappa shape index (κ2) is 7.75. The molecule has 31 heavy (non-hydrogen) atoms. The molecule has 4 rings (SSSR count). The lowest BCUT2D eigenvalue weighted by atomic mass is 9.94. The molecule has 2 aromatic rings. The number of likely N-dealkylation sites (tertiary alicyclic amines) is 1. The number of nitrogens with one attached hydrogen (secondary N) is 1. The van der Waals surface area contributed by atoms with Crippen molar-refractivity contribution in [1.29, 1.82) is 0 Å². The molecule has 6 nitrogen and oxygen atoms in total. The number of amides is 3. The number of carbonyl (C=O) groups is 2. The van der Waals surface area contributed by atoms with Gasteiger partial charge in [0, 0.05) is 31.9 Å². The van der Waals surface area contributed by atoms with Crippen LogP contribution in [-0.2, 0) is 23.9 Å². The van der Waals surface area contributed by atoms with Crippen molar-refractivity contribution in [3.05, 3.63) is 58.9 Å². The first kappa shape index (κ1) is 21.0. The highest BCUT2D eigenvalue weighted by Crippen LogP contribution is 2.34. The molecule has 1 fully saturated rings. The van der Waals surface area contributed by atoms with Gasteiger partial charge in [0.05, 0.1) is 17.2 Å². The van der Waals surface area contributed by atoms with E-state index in [1.54, 1.807) is 17.0 Å². The predicted molar refractivity (Wildman–Crippen MR) is 105 cm³/mol. The van der Waals surface area contributed by atoms with Crippen LogP contribution in [0.5, 0.6) is 0 Å². The van der Waals surface area contributed by atoms with Gasteiger partial charge in [0.2, 0.25) is 5.91 Å². The van der Waals surface area contributed by atoms with Crippen molar-refractivity contribution in [2.24, 2.45) is 11.7 Å². The number of hydrogen-bond acceptors (Lipinski definition) is 3. The highest BCUT2D eigenvalue weighted by molar-refractivity contribution is 5.84. The molecule has 2 aromatic carbocycles. The fraction of sp³-hybridized carbons (Fsp3) is 0.333. The lowest BCUT2D eigenvalue weighted by Crippen LogP contribution is -2.58. The zero-order valence-corrected chi connectivity index (χ0v) is 16.4. The van der Waals surface area contributed by atoms with Crippen LogP contribution < -0.4 is 11.1 Å². The average molecular weight is 436 g/mol. The molecule has 0 unspecified atom stereocenters. The van der Waals surface area contributed by atoms with Gasteiger partial charge >= 0.3 is 12.2 Å². The summed E-state index contributed by atoms with van der Waals surface area (Å²) in [6.45, 7) is 1.44. The van der Waals surface area contributed by atoms with E-state index in [1.165, 1.54) is 4.90 Å². The average Bonchev–Trinajstić information content (AvgIpc) is 2.67. The largest absolute Gasteiger partial charge is 0.416 e. The number of halogens is 4. The van der Waals surface area contributed by atoms with Gasteiger partial charge in [-0.3, -0.25) is 4.79 Å². The first-order chi connectivity index (χ1) is 14.6. The fourth-order valence-corrected chi connectivity index (χ4v) is 3.93. The van der Waals surface area contributed by atoms with Gasteiger partial charge in [-0.2, -0.15) is 13.2 Å². The summed E-state index contributed by atoms with van der Waals surface area (Å²) in [7, 11) is 0. The number of rotatable bonds is 3. The van der Waals surface area contributed by atoms with Gasteiger partial charge in [-0.1, -0.05) is 12.1 Å². The van der Waals surface area contributed by atoms with Crippen LogP contribution in [0.3, 0.4) is 0 Å². The van der Waals surface area contributed by atoms with Crippen LogP contribution in [-0.4, -0.2) is 41.4 Å². The van der Waals surface area contributed by atoms with Crippen molar-refractivity contribution < 1.29 is 27.2 Å². The Morgan fingerprint density at radius 3 is 2.45 bits per heavy atom. The SMILES string of the molecule is NC(=O)N1CC(C(=O)N2CCc3c(cccc3Nc3ccc(C(F)(F)F)cc3F)C2)C1. The standard InChI is InChI=1S/C21H20F4N4O2/c22-16-8-14(21(23,24)25)4-5-18(16)27-17-3-1-2-12-9-28(7-6-15(12)17)19(30)13-10-29(11-13)20(26)31/h1-5,8,13,27H,6-7,9-11H2,(H2,26,31). The summed E-state index contributed by atoms with van der Waals surface area (Å²) in [6, 6.07) is 7.15. The smallest absolute Gasteiger partial charge is 0.353 e. The maximum Gasteiger partial charge on any atom is 0.416 e. The minimum absolute atomic E-state index is 0.0460. The van der Waals surface area contributed by atoms with Crippen LogP contribution in [0, 0.1) is 11.7 Å². The van der Waals surface area contributed by atoms with E-state index >= 15 is 0 Å². The number of nitrogens with two attached hydrogens (primary N) is 1. The Balaban J connectivity index is 1.48. The van der Waals surface area contributed by atoms with Crippen LogP contribution in [0.2, 0.25) is 0 Å². The Kier molecular flexibility index (Phi) is 5.24. The molecule has 3 N–H and O–H groups in total. The number of benzene rings is 2. The number of anilines is 2. The molecule has 3 amide bonds. The van der Waals surface area contributed by atoms with Crippen molar-refractivity contribution in [3.8, 4) is 0 Å². The van der Waals surface area contributed by atoms with E-state index in [2.05, 4.69) is 5.32 Å².